The molecule has 0 radical (unpaired) electrons. The Kier molecular flexibility index (Phi) is 27.4. The third kappa shape index (κ3) is 20.8. The number of aromatic amines is 2. The van der Waals surface area contributed by atoms with Crippen LogP contribution in [-0.2, 0) is 0 Å². The molecule has 22 rings (SSSR count). The van der Waals surface area contributed by atoms with Crippen molar-refractivity contribution in [1.82, 2.24) is 83.5 Å². The average molecular weight is 1850 g/mol. The number of fused-ring (bicyclic) bond motifs is 7. The fraction of sp³-hybridized carbons (Fsp3) is 0.245. The van der Waals surface area contributed by atoms with E-state index in [2.05, 4.69) is 91.5 Å². The number of pyridine rings is 7. The molecule has 32 nitrogen and oxygen atoms in total. The van der Waals surface area contributed by atoms with Gasteiger partial charge in [-0.25, -0.2) is 24.9 Å². The van der Waals surface area contributed by atoms with Crippen LogP contribution in [0, 0.1) is 0 Å². The predicted molar refractivity (Wildman–Crippen MR) is 517 cm³/mol. The quantitative estimate of drug-likeness (QED) is 0.0417. The predicted octanol–water partition coefficient (Wildman–Crippen LogP) is 11.4. The summed E-state index contributed by atoms with van der Waals surface area (Å²) in [6.45, 7) is 12.4. The Morgan fingerprint density at radius 3 is 1.16 bits per heavy atom. The lowest BCUT2D eigenvalue weighted by Gasteiger charge is -2.29. The van der Waals surface area contributed by atoms with Crippen LogP contribution in [0.4, 0.5) is 46.0 Å². The molecule has 0 atom stereocenters. The molecule has 4 aromatic carbocycles. The molecule has 17 aromatic rings. The van der Waals surface area contributed by atoms with Crippen LogP contribution in [-0.4, -0.2) is 220 Å². The van der Waals surface area contributed by atoms with Crippen LogP contribution in [0.2, 0.25) is 5.02 Å². The van der Waals surface area contributed by atoms with E-state index in [0.717, 1.165) is 192 Å². The van der Waals surface area contributed by atoms with E-state index in [1.54, 1.807) is 72.5 Å². The maximum atomic E-state index is 12.7. The van der Waals surface area contributed by atoms with Crippen molar-refractivity contribution >= 4 is 89.9 Å². The van der Waals surface area contributed by atoms with E-state index in [1.165, 1.54) is 61.1 Å². The van der Waals surface area contributed by atoms with Gasteiger partial charge in [-0.3, -0.25) is 46.0 Å². The minimum Gasteiger partial charge on any atom is -0.504 e. The number of phenolic OH excluding ortho intramolecular Hbond substituents is 1. The number of aromatic hydroxyl groups is 1. The molecule has 18 heterocycles. The second-order valence-electron chi connectivity index (χ2n) is 32.4. The minimum atomic E-state index is -3.05. The Morgan fingerprint density at radius 1 is 0.341 bits per heavy atom. The topological polar surface area (TPSA) is 337 Å². The highest BCUT2D eigenvalue weighted by molar-refractivity contribution is 6.32. The number of alkyl halides is 4. The molecule has 0 saturated carbocycles. The number of piperazine rings is 5. The van der Waals surface area contributed by atoms with Crippen molar-refractivity contribution in [2.75, 3.05) is 170 Å². The third-order valence-corrected chi connectivity index (χ3v) is 24.2. The van der Waals surface area contributed by atoms with Gasteiger partial charge in [-0.05, 0) is 150 Å². The van der Waals surface area contributed by atoms with Gasteiger partial charge in [-0.15, -0.1) is 0 Å². The molecule has 0 bridgehead atoms. The summed E-state index contributed by atoms with van der Waals surface area (Å²) >= 11 is 6.13. The summed E-state index contributed by atoms with van der Waals surface area (Å²) in [6.07, 6.45) is 14.7. The lowest BCUT2D eigenvalue weighted by molar-refractivity contribution is -0.0518. The van der Waals surface area contributed by atoms with E-state index in [1.807, 2.05) is 134 Å². The van der Waals surface area contributed by atoms with Gasteiger partial charge in [0, 0.05) is 255 Å². The van der Waals surface area contributed by atoms with Crippen molar-refractivity contribution < 1.29 is 41.6 Å². The molecule has 13 aromatic heterocycles. The number of nitrogens with one attached hydrogen (secondary N) is 7. The van der Waals surface area contributed by atoms with E-state index in [4.69, 9.17) is 31.0 Å². The number of H-pyrrole nitrogens is 2. The highest BCUT2D eigenvalue weighted by Gasteiger charge is 2.23. The molecule has 8 N–H and O–H groups in total. The van der Waals surface area contributed by atoms with Crippen molar-refractivity contribution in [3.63, 3.8) is 0 Å². The summed E-state index contributed by atoms with van der Waals surface area (Å²) in [5, 5.41) is 28.9. The number of phenols is 1. The highest BCUT2D eigenvalue weighted by Crippen LogP contribution is 2.37. The molecule has 0 spiro atoms. The number of hydrogen-bond acceptors (Lipinski definition) is 25. The first kappa shape index (κ1) is 90.3. The molecule has 5 aliphatic rings. The van der Waals surface area contributed by atoms with Crippen LogP contribution in [0.1, 0.15) is 0 Å². The Labute approximate surface area is 773 Å². The molecule has 5 aliphatic heterocycles. The molecule has 37 heteroatoms. The van der Waals surface area contributed by atoms with Gasteiger partial charge in [0.2, 0.25) is 5.88 Å². The lowest BCUT2D eigenvalue weighted by atomic mass is 10.1. The summed E-state index contributed by atoms with van der Waals surface area (Å²) in [5.41, 5.74) is 15.9. The Bertz CT molecular complexity index is 7330. The fourth-order valence-corrected chi connectivity index (χ4v) is 17.2. The van der Waals surface area contributed by atoms with Crippen molar-refractivity contribution in [3.8, 4) is 85.0 Å². The zero-order valence-corrected chi connectivity index (χ0v) is 74.3. The first-order chi connectivity index (χ1) is 65.8. The largest absolute Gasteiger partial charge is 0.504 e. The number of aromatic nitrogens is 12. The molecular formula is C98H95ClF4N22O10. The number of rotatable bonds is 16. The first-order valence-corrected chi connectivity index (χ1v) is 44.5. The SMILES string of the molecule is COc1ccc(-c2cc(=O)n3cc(N4CCNCC4)ccc3n2)cc1OC(F)F.COc1ncc(-c2cc(=O)n3cc(N4CCNCC4)ccc3n2)cc1Cl.O=c1cc(-c2ccc(O)c(OC(F)F)c2)cc2ccc(N3CCNCC3)cn12.O=c1cc(-c2ccc3[nH]ccc3c2)nc2ccc(N3CCNCC3)cn12.O=c1cc(-c2ccc3cc[nH]c3c2)nc2ccc(N3CCNCC3)cn12. The van der Waals surface area contributed by atoms with Crippen LogP contribution in [0.3, 0.4) is 0 Å². The molecule has 0 unspecified atom stereocenters. The monoisotopic (exact) mass is 1850 g/mol. The van der Waals surface area contributed by atoms with Gasteiger partial charge in [0.15, 0.2) is 23.0 Å². The molecular weight excluding hydrogens is 1760 g/mol. The Morgan fingerprint density at radius 2 is 0.719 bits per heavy atom. The molecule has 0 amide bonds. The van der Waals surface area contributed by atoms with Crippen LogP contribution in [0.5, 0.6) is 28.9 Å². The van der Waals surface area contributed by atoms with Crippen LogP contribution < -0.4 is 97.8 Å². The van der Waals surface area contributed by atoms with Gasteiger partial charge in [0.1, 0.15) is 27.6 Å². The normalized spacial score (nSPS) is 14.7. The van der Waals surface area contributed by atoms with E-state index in [0.29, 0.717) is 84.0 Å². The summed E-state index contributed by atoms with van der Waals surface area (Å²) in [6, 6.07) is 55.2. The average Bonchev–Trinajstić information content (AvgIpc) is 1.78. The van der Waals surface area contributed by atoms with Gasteiger partial charge in [0.25, 0.3) is 27.8 Å². The molecule has 135 heavy (non-hydrogen) atoms. The smallest absolute Gasteiger partial charge is 0.387 e. The number of halogens is 5. The second-order valence-corrected chi connectivity index (χ2v) is 32.8. The first-order valence-electron chi connectivity index (χ1n) is 44.1. The third-order valence-electron chi connectivity index (χ3n) is 24.0. The molecule has 0 aliphatic carbocycles. The maximum absolute atomic E-state index is 12.7. The molecule has 5 saturated heterocycles. The zero-order chi connectivity index (χ0) is 93.2. The van der Waals surface area contributed by atoms with E-state index >= 15 is 0 Å². The standard InChI is InChI=1S/C20H20F2N4O3.C20H19F2N3O3.2C20H19N5O.C18H18ClN5O2/c1-28-16-4-2-13(10-17(16)29-20(21)22)15-11-19(27)26-12-14(3-5-18(26)24-15)25-8-6-23-7-9-25;21-20(22)28-18-10-13(1-4-17(18)26)14-9-15-2-3-16(12-25(15)19(27)11-14)24-7-5-23-6-8-24;26-20-12-18(14-1-3-17-15(11-14)5-6-22-17)23-19-4-2-16(13-25(19)20)24-9-7-21-8-10-24;26-20-12-18(15-2-1-14-5-6-22-17(14)11-15)23-19-4-3-16(13-25(19)20)24-9-7-21-8-10-24;1-26-18-14(19)8-12(10-21-18)15-9-17(25)24-11-13(2-3-16(24)22-15)23-6-4-20-5-7-23/h2-5,10-12,20,23H,6-9H2,1H3;1-4,9-12,20,23,26H,5-8H2;2*1-6,11-13,21-22H,7-10H2;2-3,8-11,20H,4-7H2,1H3. The Balaban J connectivity index is 0.000000113. The molecule has 692 valence electrons. The number of methoxy groups -OCH3 is 2. The lowest BCUT2D eigenvalue weighted by Crippen LogP contribution is -2.43. The van der Waals surface area contributed by atoms with Gasteiger partial charge < -0.3 is 85.1 Å². The summed E-state index contributed by atoms with van der Waals surface area (Å²) in [4.78, 5) is 104. The number of benzene rings is 4. The number of hydrogen-bond donors (Lipinski definition) is 8. The molecule has 5 fully saturated rings. The van der Waals surface area contributed by atoms with Gasteiger partial charge in [-0.1, -0.05) is 35.9 Å². The van der Waals surface area contributed by atoms with Crippen LogP contribution in [0.15, 0.2) is 262 Å². The van der Waals surface area contributed by atoms with Crippen molar-refractivity contribution in [1.29, 1.82) is 0 Å². The van der Waals surface area contributed by atoms with Crippen LogP contribution in [0.25, 0.3) is 106 Å². The Hall–Kier alpha value is -15.2. The van der Waals surface area contributed by atoms with Crippen molar-refractivity contribution in [2.45, 2.75) is 13.2 Å². The van der Waals surface area contributed by atoms with E-state index < -0.39 is 13.2 Å². The number of nitrogens with zero attached hydrogens (tertiary/aromatic N) is 15. The zero-order valence-electron chi connectivity index (χ0n) is 73.5. The highest BCUT2D eigenvalue weighted by atomic mass is 35.5. The summed E-state index contributed by atoms with van der Waals surface area (Å²) < 4.78 is 77.2. The van der Waals surface area contributed by atoms with Crippen molar-refractivity contribution in [3.05, 3.63) is 294 Å². The maximum Gasteiger partial charge on any atom is 0.387 e. The van der Waals surface area contributed by atoms with E-state index in [-0.39, 0.29) is 50.8 Å². The van der Waals surface area contributed by atoms with Gasteiger partial charge in [-0.2, -0.15) is 17.6 Å². The fourth-order valence-electron chi connectivity index (χ4n) is 16.9. The number of ether oxygens (including phenoxy) is 4. The summed E-state index contributed by atoms with van der Waals surface area (Å²) in [5.74, 6) is -0.319. The van der Waals surface area contributed by atoms with Crippen molar-refractivity contribution in [2.24, 2.45) is 0 Å². The van der Waals surface area contributed by atoms with E-state index in [9.17, 15) is 46.6 Å². The van der Waals surface area contributed by atoms with Gasteiger partial charge >= 0.3 is 13.2 Å². The van der Waals surface area contributed by atoms with Crippen LogP contribution >= 0.6 is 11.6 Å². The second kappa shape index (κ2) is 40.9. The summed E-state index contributed by atoms with van der Waals surface area (Å²) in [7, 11) is 2.87. The minimum absolute atomic E-state index is 0.0591. The number of anilines is 5. The van der Waals surface area contributed by atoms with Gasteiger partial charge in [0.05, 0.1) is 65.4 Å².